The first-order valence-corrected chi connectivity index (χ1v) is 8.21. The molecule has 1 heterocycles. The summed E-state index contributed by atoms with van der Waals surface area (Å²) in [5.74, 6) is 0.191. The van der Waals surface area contributed by atoms with Gasteiger partial charge in [0.15, 0.2) is 0 Å². The van der Waals surface area contributed by atoms with Gasteiger partial charge in [0, 0.05) is 26.7 Å². The molecule has 4 heteroatoms. The number of benzene rings is 1. The fourth-order valence-corrected chi connectivity index (χ4v) is 3.43. The topological polar surface area (TPSA) is 20.3 Å². The van der Waals surface area contributed by atoms with E-state index in [2.05, 4.69) is 38.5 Å². The van der Waals surface area contributed by atoms with Gasteiger partial charge < -0.3 is 4.90 Å². The highest BCUT2D eigenvalue weighted by Gasteiger charge is 2.45. The zero-order valence-corrected chi connectivity index (χ0v) is 13.8. The van der Waals surface area contributed by atoms with E-state index in [-0.39, 0.29) is 5.91 Å². The normalized spacial score (nSPS) is 21.1. The van der Waals surface area contributed by atoms with Crippen molar-refractivity contribution in [1.82, 2.24) is 4.90 Å². The van der Waals surface area contributed by atoms with Crippen LogP contribution in [0, 0.1) is 8.99 Å². The summed E-state index contributed by atoms with van der Waals surface area (Å²) in [5.41, 5.74) is 1.44. The molecule has 0 N–H and O–H groups in total. The Balaban J connectivity index is 1.72. The van der Waals surface area contributed by atoms with Crippen LogP contribution >= 0.6 is 38.5 Å². The largest absolute Gasteiger partial charge is 0.339 e. The zero-order valence-electron chi connectivity index (χ0n) is 10.1. The van der Waals surface area contributed by atoms with Gasteiger partial charge in [-0.05, 0) is 87.8 Å². The fourth-order valence-electron chi connectivity index (χ4n) is 2.67. The predicted octanol–water partition coefficient (Wildman–Crippen LogP) is 4.07. The van der Waals surface area contributed by atoms with E-state index >= 15 is 0 Å². The molecule has 0 bridgehead atoms. The number of halogens is 2. The van der Waals surface area contributed by atoms with Crippen molar-refractivity contribution in [2.45, 2.75) is 25.7 Å². The Bertz CT molecular complexity index is 489. The van der Waals surface area contributed by atoms with Gasteiger partial charge in [0.2, 0.25) is 0 Å². The van der Waals surface area contributed by atoms with Crippen LogP contribution in [0.5, 0.6) is 0 Å². The van der Waals surface area contributed by atoms with E-state index in [1.165, 1.54) is 25.7 Å². The van der Waals surface area contributed by atoms with E-state index in [4.69, 9.17) is 0 Å². The van der Waals surface area contributed by atoms with Crippen LogP contribution in [0.25, 0.3) is 0 Å². The molecule has 1 aromatic rings. The summed E-state index contributed by atoms with van der Waals surface area (Å²) in [4.78, 5) is 14.4. The van der Waals surface area contributed by atoms with E-state index in [1.807, 2.05) is 23.1 Å². The Morgan fingerprint density at radius 2 is 1.89 bits per heavy atom. The lowest BCUT2D eigenvalue weighted by Gasteiger charge is -2.32. The first-order chi connectivity index (χ1) is 8.60. The summed E-state index contributed by atoms with van der Waals surface area (Å²) in [5, 5.41) is 0. The van der Waals surface area contributed by atoms with Gasteiger partial charge in [-0.3, -0.25) is 4.79 Å². The van der Waals surface area contributed by atoms with Crippen LogP contribution in [0.15, 0.2) is 22.7 Å². The highest BCUT2D eigenvalue weighted by atomic mass is 127. The van der Waals surface area contributed by atoms with E-state index in [9.17, 15) is 4.79 Å². The summed E-state index contributed by atoms with van der Waals surface area (Å²) >= 11 is 5.72. The molecule has 0 aromatic heterocycles. The van der Waals surface area contributed by atoms with Crippen LogP contribution in [-0.4, -0.2) is 23.9 Å². The summed E-state index contributed by atoms with van der Waals surface area (Å²) < 4.78 is 2.14. The molecule has 2 nitrogen and oxygen atoms in total. The number of likely N-dealkylation sites (tertiary alicyclic amines) is 1. The number of carbonyl (C=O) groups is 1. The Kier molecular flexibility index (Phi) is 3.43. The van der Waals surface area contributed by atoms with Crippen molar-refractivity contribution in [1.29, 1.82) is 0 Å². The van der Waals surface area contributed by atoms with Gasteiger partial charge in [-0.15, -0.1) is 0 Å². The Morgan fingerprint density at radius 3 is 2.44 bits per heavy atom. The van der Waals surface area contributed by atoms with Gasteiger partial charge in [-0.25, -0.2) is 0 Å². The molecule has 0 unspecified atom stereocenters. The molecule has 3 rings (SSSR count). The van der Waals surface area contributed by atoms with E-state index in [0.29, 0.717) is 5.41 Å². The second-order valence-corrected chi connectivity index (χ2v) is 7.44. The summed E-state index contributed by atoms with van der Waals surface area (Å²) in [6.07, 6.45) is 5.16. The molecule has 18 heavy (non-hydrogen) atoms. The van der Waals surface area contributed by atoms with Crippen LogP contribution in [0.4, 0.5) is 0 Å². The molecular formula is C14H15BrINO. The van der Waals surface area contributed by atoms with Crippen molar-refractivity contribution in [3.05, 3.63) is 31.8 Å². The second kappa shape index (κ2) is 4.78. The summed E-state index contributed by atoms with van der Waals surface area (Å²) in [6, 6.07) is 5.84. The fraction of sp³-hybridized carbons (Fsp3) is 0.500. The van der Waals surface area contributed by atoms with Crippen molar-refractivity contribution in [3.63, 3.8) is 0 Å². The van der Waals surface area contributed by atoms with Crippen molar-refractivity contribution in [3.8, 4) is 0 Å². The molecule has 0 atom stereocenters. The number of piperidine rings is 1. The SMILES string of the molecule is O=C(c1ccc(Br)c(I)c1)N1CCC2(CC1)CC2. The third-order valence-electron chi connectivity index (χ3n) is 4.23. The molecule has 1 amide bonds. The first kappa shape index (κ1) is 12.9. The molecule has 2 aliphatic rings. The lowest BCUT2D eigenvalue weighted by atomic mass is 9.93. The number of amides is 1. The minimum Gasteiger partial charge on any atom is -0.339 e. The van der Waals surface area contributed by atoms with Crippen LogP contribution in [-0.2, 0) is 0 Å². The lowest BCUT2D eigenvalue weighted by molar-refractivity contribution is 0.0678. The molecule has 1 saturated carbocycles. The maximum absolute atomic E-state index is 12.4. The average Bonchev–Trinajstić information content (AvgIpc) is 3.12. The standard InChI is InChI=1S/C14H15BrINO/c15-11-2-1-10(9-12(11)16)13(18)17-7-5-14(3-4-14)6-8-17/h1-2,9H,3-8H2. The summed E-state index contributed by atoms with van der Waals surface area (Å²) in [7, 11) is 0. The molecule has 96 valence electrons. The predicted molar refractivity (Wildman–Crippen MR) is 83.7 cm³/mol. The quantitative estimate of drug-likeness (QED) is 0.628. The van der Waals surface area contributed by atoms with E-state index in [1.54, 1.807) is 0 Å². The number of nitrogens with zero attached hydrogens (tertiary/aromatic N) is 1. The molecule has 1 saturated heterocycles. The number of hydrogen-bond acceptors (Lipinski definition) is 1. The van der Waals surface area contributed by atoms with Crippen LogP contribution in [0.2, 0.25) is 0 Å². The van der Waals surface area contributed by atoms with Crippen molar-refractivity contribution >= 4 is 44.4 Å². The Morgan fingerprint density at radius 1 is 1.22 bits per heavy atom. The van der Waals surface area contributed by atoms with Crippen LogP contribution < -0.4 is 0 Å². The maximum Gasteiger partial charge on any atom is 0.253 e. The summed E-state index contributed by atoms with van der Waals surface area (Å²) in [6.45, 7) is 1.87. The molecular weight excluding hydrogens is 405 g/mol. The van der Waals surface area contributed by atoms with Crippen molar-refractivity contribution in [2.24, 2.45) is 5.41 Å². The van der Waals surface area contributed by atoms with Gasteiger partial charge in [0.05, 0.1) is 0 Å². The Labute approximate surface area is 129 Å². The van der Waals surface area contributed by atoms with Gasteiger partial charge in [-0.1, -0.05) is 0 Å². The highest BCUT2D eigenvalue weighted by Crippen LogP contribution is 2.53. The second-order valence-electron chi connectivity index (χ2n) is 5.42. The third-order valence-corrected chi connectivity index (χ3v) is 6.56. The average molecular weight is 420 g/mol. The number of hydrogen-bond donors (Lipinski definition) is 0. The van der Waals surface area contributed by atoms with E-state index in [0.717, 1.165) is 26.7 Å². The van der Waals surface area contributed by atoms with Gasteiger partial charge in [0.25, 0.3) is 5.91 Å². The van der Waals surface area contributed by atoms with Crippen molar-refractivity contribution in [2.75, 3.05) is 13.1 Å². The minimum atomic E-state index is 0.191. The minimum absolute atomic E-state index is 0.191. The monoisotopic (exact) mass is 419 g/mol. The number of rotatable bonds is 1. The molecule has 0 radical (unpaired) electrons. The van der Waals surface area contributed by atoms with Gasteiger partial charge >= 0.3 is 0 Å². The molecule has 1 spiro atoms. The molecule has 1 aromatic carbocycles. The third kappa shape index (κ3) is 2.46. The smallest absolute Gasteiger partial charge is 0.253 e. The number of carbonyl (C=O) groups excluding carboxylic acids is 1. The molecule has 1 aliphatic heterocycles. The van der Waals surface area contributed by atoms with Gasteiger partial charge in [-0.2, -0.15) is 0 Å². The Hall–Kier alpha value is -0.100. The van der Waals surface area contributed by atoms with Crippen LogP contribution in [0.1, 0.15) is 36.0 Å². The van der Waals surface area contributed by atoms with Gasteiger partial charge in [0.1, 0.15) is 0 Å². The zero-order chi connectivity index (χ0) is 12.8. The van der Waals surface area contributed by atoms with E-state index < -0.39 is 0 Å². The molecule has 2 fully saturated rings. The first-order valence-electron chi connectivity index (χ1n) is 6.34. The van der Waals surface area contributed by atoms with Crippen LogP contribution in [0.3, 0.4) is 0 Å². The lowest BCUT2D eigenvalue weighted by Crippen LogP contribution is -2.39. The molecule has 1 aliphatic carbocycles. The maximum atomic E-state index is 12.4. The van der Waals surface area contributed by atoms with Crippen molar-refractivity contribution < 1.29 is 4.79 Å². The highest BCUT2D eigenvalue weighted by molar-refractivity contribution is 14.1.